The molecule has 0 bridgehead atoms. The molecular weight excluding hydrogens is 435 g/mol. The first-order chi connectivity index (χ1) is 13.1. The molecule has 0 saturated heterocycles. The summed E-state index contributed by atoms with van der Waals surface area (Å²) < 4.78 is 45.1. The number of esters is 1. The maximum absolute atomic E-state index is 12.8. The average molecular weight is 448 g/mol. The fourth-order valence-corrected chi connectivity index (χ4v) is 4.78. The molecular formula is C18H13ClF3NO3S2. The van der Waals surface area contributed by atoms with Crippen LogP contribution >= 0.6 is 34.7 Å². The van der Waals surface area contributed by atoms with Crippen LogP contribution in [0, 0.1) is 0 Å². The summed E-state index contributed by atoms with van der Waals surface area (Å²) >= 11 is 8.26. The highest BCUT2D eigenvalue weighted by Gasteiger charge is 2.31. The van der Waals surface area contributed by atoms with Crippen LogP contribution in [0.25, 0.3) is 15.9 Å². The second-order valence-corrected chi connectivity index (χ2v) is 8.59. The lowest BCUT2D eigenvalue weighted by Crippen LogP contribution is -2.14. The van der Waals surface area contributed by atoms with Crippen molar-refractivity contribution in [3.8, 4) is 5.69 Å². The predicted molar refractivity (Wildman–Crippen MR) is 105 cm³/mol. The number of carbonyl (C=O) groups is 1. The summed E-state index contributed by atoms with van der Waals surface area (Å²) in [5, 5.41) is -0.597. The third-order valence-electron chi connectivity index (χ3n) is 3.91. The number of carbonyl (C=O) groups excluding carboxylic acids is 1. The first-order valence-corrected chi connectivity index (χ1v) is 9.96. The molecule has 2 aromatic carbocycles. The normalized spacial score (nSPS) is 12.9. The molecule has 10 heteroatoms. The molecule has 0 saturated carbocycles. The molecule has 28 heavy (non-hydrogen) atoms. The molecule has 0 aliphatic carbocycles. The predicted octanol–water partition coefficient (Wildman–Crippen LogP) is 5.38. The average Bonchev–Trinajstić information content (AvgIpc) is 2.95. The van der Waals surface area contributed by atoms with Crippen LogP contribution in [-0.4, -0.2) is 22.9 Å². The van der Waals surface area contributed by atoms with Gasteiger partial charge in [-0.3, -0.25) is 14.2 Å². The maximum atomic E-state index is 12.8. The molecule has 0 fully saturated rings. The minimum atomic E-state index is -4.52. The lowest BCUT2D eigenvalue weighted by Gasteiger charge is -2.11. The molecule has 0 aliphatic heterocycles. The highest BCUT2D eigenvalue weighted by atomic mass is 35.5. The number of halogens is 4. The van der Waals surface area contributed by atoms with Crippen molar-refractivity contribution in [1.29, 1.82) is 0 Å². The van der Waals surface area contributed by atoms with E-state index in [1.165, 1.54) is 29.5 Å². The van der Waals surface area contributed by atoms with Crippen molar-refractivity contribution in [1.82, 2.24) is 4.57 Å². The number of nitrogens with zero attached hydrogens (tertiary/aromatic N) is 1. The zero-order chi connectivity index (χ0) is 20.6. The van der Waals surface area contributed by atoms with Gasteiger partial charge in [0.2, 0.25) is 0 Å². The fraction of sp³-hybridized carbons (Fsp3) is 0.222. The number of hydrogen-bond acceptors (Lipinski definition) is 5. The quantitative estimate of drug-likeness (QED) is 0.398. The Morgan fingerprint density at radius 2 is 1.96 bits per heavy atom. The molecule has 0 spiro atoms. The molecule has 4 nitrogen and oxygen atoms in total. The number of rotatable bonds is 4. The van der Waals surface area contributed by atoms with Crippen LogP contribution in [0.4, 0.5) is 13.2 Å². The molecule has 1 heterocycles. The van der Waals surface area contributed by atoms with Crippen LogP contribution in [0.5, 0.6) is 0 Å². The van der Waals surface area contributed by atoms with Gasteiger partial charge in [0, 0.05) is 4.90 Å². The van der Waals surface area contributed by atoms with E-state index >= 15 is 0 Å². The monoisotopic (exact) mass is 447 g/mol. The van der Waals surface area contributed by atoms with E-state index in [9.17, 15) is 22.8 Å². The number of thioether (sulfide) groups is 1. The first kappa shape index (κ1) is 20.8. The van der Waals surface area contributed by atoms with Crippen molar-refractivity contribution < 1.29 is 22.7 Å². The Balaban J connectivity index is 2.03. The fourth-order valence-electron chi connectivity index (χ4n) is 2.58. The van der Waals surface area contributed by atoms with Gasteiger partial charge < -0.3 is 4.74 Å². The lowest BCUT2D eigenvalue weighted by atomic mass is 10.2. The number of ether oxygens (including phenoxy) is 1. The summed E-state index contributed by atoms with van der Waals surface area (Å²) in [6.45, 7) is 1.70. The van der Waals surface area contributed by atoms with Crippen molar-refractivity contribution in [2.45, 2.75) is 23.2 Å². The first-order valence-electron chi connectivity index (χ1n) is 7.89. The van der Waals surface area contributed by atoms with E-state index in [4.69, 9.17) is 16.3 Å². The van der Waals surface area contributed by atoms with Gasteiger partial charge in [0.05, 0.1) is 33.6 Å². The summed E-state index contributed by atoms with van der Waals surface area (Å²) in [4.78, 5) is 24.4. The SMILES string of the molecule is COC(=O)C(C)Sc1ccc2c(c1)sc(=O)n2-c1ccc(C(F)(F)F)cc1Cl. The van der Waals surface area contributed by atoms with Crippen LogP contribution in [0.15, 0.2) is 46.1 Å². The highest BCUT2D eigenvalue weighted by Crippen LogP contribution is 2.35. The van der Waals surface area contributed by atoms with E-state index in [0.717, 1.165) is 28.4 Å². The van der Waals surface area contributed by atoms with Crippen LogP contribution in [-0.2, 0) is 15.7 Å². The number of aromatic nitrogens is 1. The van der Waals surface area contributed by atoms with Gasteiger partial charge in [0.1, 0.15) is 5.25 Å². The van der Waals surface area contributed by atoms with E-state index in [2.05, 4.69) is 0 Å². The minimum absolute atomic E-state index is 0.172. The Morgan fingerprint density at radius 1 is 1.25 bits per heavy atom. The Bertz CT molecular complexity index is 1110. The molecule has 0 N–H and O–H groups in total. The molecule has 0 aliphatic rings. The number of thiazole rings is 1. The Kier molecular flexibility index (Phi) is 5.79. The topological polar surface area (TPSA) is 48.3 Å². The van der Waals surface area contributed by atoms with Gasteiger partial charge in [-0.15, -0.1) is 11.8 Å². The van der Waals surface area contributed by atoms with Gasteiger partial charge in [-0.05, 0) is 43.3 Å². The summed E-state index contributed by atoms with van der Waals surface area (Å²) in [6.07, 6.45) is -4.52. The van der Waals surface area contributed by atoms with Crippen molar-refractivity contribution in [2.24, 2.45) is 0 Å². The smallest absolute Gasteiger partial charge is 0.416 e. The van der Waals surface area contributed by atoms with Gasteiger partial charge in [-0.2, -0.15) is 13.2 Å². The van der Waals surface area contributed by atoms with E-state index in [1.54, 1.807) is 25.1 Å². The van der Waals surface area contributed by atoms with Crippen LogP contribution in [0.2, 0.25) is 5.02 Å². The summed E-state index contributed by atoms with van der Waals surface area (Å²) in [7, 11) is 1.31. The van der Waals surface area contributed by atoms with Crippen molar-refractivity contribution in [3.63, 3.8) is 0 Å². The highest BCUT2D eigenvalue weighted by molar-refractivity contribution is 8.00. The molecule has 1 atom stereocenters. The maximum Gasteiger partial charge on any atom is 0.416 e. The molecule has 0 amide bonds. The molecule has 148 valence electrons. The van der Waals surface area contributed by atoms with Crippen LogP contribution in [0.3, 0.4) is 0 Å². The van der Waals surface area contributed by atoms with Gasteiger partial charge >= 0.3 is 17.0 Å². The third kappa shape index (κ3) is 4.06. The second kappa shape index (κ2) is 7.81. The van der Waals surface area contributed by atoms with Crippen LogP contribution < -0.4 is 4.87 Å². The Hall–Kier alpha value is -1.97. The zero-order valence-corrected chi connectivity index (χ0v) is 16.9. The molecule has 3 aromatic rings. The van der Waals surface area contributed by atoms with Gasteiger partial charge in [0.15, 0.2) is 0 Å². The van der Waals surface area contributed by atoms with Gasteiger partial charge in [0.25, 0.3) is 0 Å². The Labute approximate surface area is 170 Å². The van der Waals surface area contributed by atoms with Crippen LogP contribution in [0.1, 0.15) is 12.5 Å². The Morgan fingerprint density at radius 3 is 2.57 bits per heavy atom. The van der Waals surface area contributed by atoms with Crippen molar-refractivity contribution in [3.05, 3.63) is 56.7 Å². The zero-order valence-electron chi connectivity index (χ0n) is 14.5. The number of hydrogen-bond donors (Lipinski definition) is 0. The van der Waals surface area contributed by atoms with E-state index in [1.807, 2.05) is 0 Å². The van der Waals surface area contributed by atoms with E-state index in [0.29, 0.717) is 10.2 Å². The van der Waals surface area contributed by atoms with Crippen molar-refractivity contribution >= 4 is 50.9 Å². The number of methoxy groups -OCH3 is 1. The molecule has 1 unspecified atom stereocenters. The number of fused-ring (bicyclic) bond motifs is 1. The second-order valence-electron chi connectivity index (χ2n) is 5.78. The van der Waals surface area contributed by atoms with E-state index in [-0.39, 0.29) is 21.6 Å². The van der Waals surface area contributed by atoms with Crippen molar-refractivity contribution in [2.75, 3.05) is 7.11 Å². The largest absolute Gasteiger partial charge is 0.468 e. The standard InChI is InChI=1S/C18H13ClF3NO3S2/c1-9(16(24)26-2)27-11-4-6-14-15(8-11)28-17(25)23(14)13-5-3-10(7-12(13)19)18(20,21)22/h3-9H,1-2H3. The molecule has 3 rings (SSSR count). The summed E-state index contributed by atoms with van der Waals surface area (Å²) in [5.41, 5.74) is -0.190. The van der Waals surface area contributed by atoms with Gasteiger partial charge in [-0.25, -0.2) is 0 Å². The minimum Gasteiger partial charge on any atom is -0.468 e. The summed E-state index contributed by atoms with van der Waals surface area (Å²) in [6, 6.07) is 8.02. The summed E-state index contributed by atoms with van der Waals surface area (Å²) in [5.74, 6) is -0.368. The number of benzene rings is 2. The van der Waals surface area contributed by atoms with E-state index < -0.39 is 17.0 Å². The third-order valence-corrected chi connectivity index (χ3v) is 6.19. The lowest BCUT2D eigenvalue weighted by molar-refractivity contribution is -0.139. The molecule has 0 radical (unpaired) electrons. The van der Waals surface area contributed by atoms with Gasteiger partial charge in [-0.1, -0.05) is 22.9 Å². The number of alkyl halides is 3. The molecule has 1 aromatic heterocycles.